The van der Waals surface area contributed by atoms with Crippen molar-refractivity contribution in [2.75, 3.05) is 6.54 Å². The number of halogens is 1. The van der Waals surface area contributed by atoms with Crippen molar-refractivity contribution in [3.63, 3.8) is 0 Å². The van der Waals surface area contributed by atoms with E-state index in [4.69, 9.17) is 16.7 Å². The first kappa shape index (κ1) is 13.0. The highest BCUT2D eigenvalue weighted by Crippen LogP contribution is 2.21. The Morgan fingerprint density at radius 2 is 2.25 bits per heavy atom. The van der Waals surface area contributed by atoms with E-state index >= 15 is 0 Å². The molecule has 1 heterocycles. The van der Waals surface area contributed by atoms with Crippen molar-refractivity contribution in [1.82, 2.24) is 5.32 Å². The summed E-state index contributed by atoms with van der Waals surface area (Å²) in [5, 5.41) is 11.2. The number of aliphatic carboxylic acids is 1. The monoisotopic (exact) mass is 261 g/mol. The Kier molecular flexibility index (Phi) is 4.76. The molecular formula is C10H12ClNO3S. The standard InChI is InChI=1S/C10H12ClNO3S/c1-6(4-9(13)14)5-12-10(15)7-2-3-8(11)16-7/h2-3,6H,4-5H2,1H3,(H,12,15)(H,13,14). The van der Waals surface area contributed by atoms with Crippen molar-refractivity contribution >= 4 is 34.8 Å². The number of hydrogen-bond acceptors (Lipinski definition) is 3. The Balaban J connectivity index is 2.38. The van der Waals surface area contributed by atoms with Crippen LogP contribution < -0.4 is 5.32 Å². The highest BCUT2D eigenvalue weighted by Gasteiger charge is 2.11. The molecule has 16 heavy (non-hydrogen) atoms. The second-order valence-corrected chi connectivity index (χ2v) is 5.23. The number of carboxylic acids is 1. The van der Waals surface area contributed by atoms with Crippen molar-refractivity contribution in [2.45, 2.75) is 13.3 Å². The number of thiophene rings is 1. The molecule has 1 rings (SSSR count). The molecule has 0 aliphatic heterocycles. The number of amides is 1. The number of rotatable bonds is 5. The van der Waals surface area contributed by atoms with Gasteiger partial charge in [-0.1, -0.05) is 18.5 Å². The second kappa shape index (κ2) is 5.86. The van der Waals surface area contributed by atoms with Crippen molar-refractivity contribution in [3.05, 3.63) is 21.3 Å². The Bertz CT molecular complexity index is 391. The van der Waals surface area contributed by atoms with Crippen LogP contribution in [0.1, 0.15) is 23.0 Å². The largest absolute Gasteiger partial charge is 0.481 e. The van der Waals surface area contributed by atoms with Crippen molar-refractivity contribution in [2.24, 2.45) is 5.92 Å². The molecule has 0 saturated heterocycles. The van der Waals surface area contributed by atoms with Crippen LogP contribution in [-0.4, -0.2) is 23.5 Å². The van der Waals surface area contributed by atoms with Crippen LogP contribution in [0, 0.1) is 5.92 Å². The summed E-state index contributed by atoms with van der Waals surface area (Å²) in [6.07, 6.45) is 0.0471. The SMILES string of the molecule is CC(CNC(=O)c1ccc(Cl)s1)CC(=O)O. The summed E-state index contributed by atoms with van der Waals surface area (Å²) in [7, 11) is 0. The van der Waals surface area contributed by atoms with Crippen LogP contribution in [-0.2, 0) is 4.79 Å². The lowest BCUT2D eigenvalue weighted by Crippen LogP contribution is -2.28. The summed E-state index contributed by atoms with van der Waals surface area (Å²) in [6, 6.07) is 3.30. The molecule has 0 aliphatic carbocycles. The van der Waals surface area contributed by atoms with E-state index < -0.39 is 5.97 Å². The van der Waals surface area contributed by atoms with Gasteiger partial charge >= 0.3 is 5.97 Å². The van der Waals surface area contributed by atoms with Gasteiger partial charge in [-0.2, -0.15) is 0 Å². The van der Waals surface area contributed by atoms with E-state index in [1.807, 2.05) is 0 Å². The summed E-state index contributed by atoms with van der Waals surface area (Å²) in [5.41, 5.74) is 0. The zero-order valence-corrected chi connectivity index (χ0v) is 10.3. The molecule has 0 aromatic carbocycles. The molecule has 4 nitrogen and oxygen atoms in total. The minimum atomic E-state index is -0.860. The molecule has 0 bridgehead atoms. The fourth-order valence-corrected chi connectivity index (χ4v) is 2.12. The highest BCUT2D eigenvalue weighted by molar-refractivity contribution is 7.17. The quantitative estimate of drug-likeness (QED) is 0.854. The second-order valence-electron chi connectivity index (χ2n) is 3.52. The average molecular weight is 262 g/mol. The normalized spacial score (nSPS) is 12.1. The number of nitrogens with one attached hydrogen (secondary N) is 1. The molecule has 1 amide bonds. The third-order valence-corrected chi connectivity index (χ3v) is 3.16. The number of hydrogen-bond donors (Lipinski definition) is 2. The topological polar surface area (TPSA) is 66.4 Å². The summed E-state index contributed by atoms with van der Waals surface area (Å²) < 4.78 is 0.559. The fraction of sp³-hybridized carbons (Fsp3) is 0.400. The predicted molar refractivity (Wildman–Crippen MR) is 63.1 cm³/mol. The van der Waals surface area contributed by atoms with Crippen LogP contribution in [0.5, 0.6) is 0 Å². The van der Waals surface area contributed by atoms with Crippen LogP contribution in [0.15, 0.2) is 12.1 Å². The Hall–Kier alpha value is -1.07. The molecule has 1 unspecified atom stereocenters. The van der Waals surface area contributed by atoms with Gasteiger partial charge in [0.05, 0.1) is 9.21 Å². The van der Waals surface area contributed by atoms with E-state index in [2.05, 4.69) is 5.32 Å². The van der Waals surface area contributed by atoms with Crippen LogP contribution in [0.4, 0.5) is 0 Å². The summed E-state index contributed by atoms with van der Waals surface area (Å²) >= 11 is 6.90. The minimum Gasteiger partial charge on any atom is -0.481 e. The van der Waals surface area contributed by atoms with Gasteiger partial charge in [0.25, 0.3) is 5.91 Å². The molecule has 0 aliphatic rings. The summed E-state index contributed by atoms with van der Waals surface area (Å²) in [5.74, 6) is -1.16. The highest BCUT2D eigenvalue weighted by atomic mass is 35.5. The zero-order valence-electron chi connectivity index (χ0n) is 8.70. The van der Waals surface area contributed by atoms with E-state index in [1.165, 1.54) is 11.3 Å². The van der Waals surface area contributed by atoms with E-state index in [0.717, 1.165) is 0 Å². The number of carboxylic acid groups (broad SMARTS) is 1. The Morgan fingerprint density at radius 1 is 1.56 bits per heavy atom. The predicted octanol–water partition coefficient (Wildman–Crippen LogP) is 2.24. The molecule has 0 radical (unpaired) electrons. The van der Waals surface area contributed by atoms with Gasteiger partial charge in [-0.15, -0.1) is 11.3 Å². The van der Waals surface area contributed by atoms with E-state index in [1.54, 1.807) is 19.1 Å². The Labute approximate surface area is 102 Å². The Morgan fingerprint density at radius 3 is 2.75 bits per heavy atom. The van der Waals surface area contributed by atoms with Gasteiger partial charge in [0, 0.05) is 13.0 Å². The van der Waals surface area contributed by atoms with Gasteiger partial charge in [-0.25, -0.2) is 0 Å². The first-order valence-corrected chi connectivity index (χ1v) is 5.94. The zero-order chi connectivity index (χ0) is 12.1. The molecule has 0 spiro atoms. The molecule has 0 fully saturated rings. The van der Waals surface area contributed by atoms with E-state index in [0.29, 0.717) is 15.8 Å². The van der Waals surface area contributed by atoms with Crippen molar-refractivity contribution < 1.29 is 14.7 Å². The lowest BCUT2D eigenvalue weighted by molar-refractivity contribution is -0.137. The lowest BCUT2D eigenvalue weighted by Gasteiger charge is -2.09. The average Bonchev–Trinajstić information content (AvgIpc) is 2.60. The number of carbonyl (C=O) groups excluding carboxylic acids is 1. The maximum atomic E-state index is 11.5. The maximum absolute atomic E-state index is 11.5. The fourth-order valence-electron chi connectivity index (χ4n) is 1.16. The first-order chi connectivity index (χ1) is 7.49. The summed E-state index contributed by atoms with van der Waals surface area (Å²) in [6.45, 7) is 2.12. The molecule has 6 heteroatoms. The molecule has 0 saturated carbocycles. The third-order valence-electron chi connectivity index (χ3n) is 1.93. The van der Waals surface area contributed by atoms with Crippen LogP contribution in [0.2, 0.25) is 4.34 Å². The molecule has 88 valence electrons. The van der Waals surface area contributed by atoms with Crippen LogP contribution in [0.25, 0.3) is 0 Å². The summed E-state index contributed by atoms with van der Waals surface area (Å²) in [4.78, 5) is 22.5. The van der Waals surface area contributed by atoms with Gasteiger partial charge in [0.2, 0.25) is 0 Å². The van der Waals surface area contributed by atoms with Gasteiger partial charge < -0.3 is 10.4 Å². The molecule has 2 N–H and O–H groups in total. The molecule has 1 aromatic heterocycles. The van der Waals surface area contributed by atoms with Crippen LogP contribution in [0.3, 0.4) is 0 Å². The van der Waals surface area contributed by atoms with Gasteiger partial charge in [-0.05, 0) is 18.1 Å². The van der Waals surface area contributed by atoms with E-state index in [9.17, 15) is 9.59 Å². The molecule has 1 aromatic rings. The maximum Gasteiger partial charge on any atom is 0.303 e. The van der Waals surface area contributed by atoms with Crippen LogP contribution >= 0.6 is 22.9 Å². The van der Waals surface area contributed by atoms with Crippen molar-refractivity contribution in [1.29, 1.82) is 0 Å². The van der Waals surface area contributed by atoms with Gasteiger partial charge in [0.15, 0.2) is 0 Å². The van der Waals surface area contributed by atoms with Crippen molar-refractivity contribution in [3.8, 4) is 0 Å². The van der Waals surface area contributed by atoms with Gasteiger partial charge in [0.1, 0.15) is 0 Å². The first-order valence-electron chi connectivity index (χ1n) is 4.74. The minimum absolute atomic E-state index is 0.0471. The lowest BCUT2D eigenvalue weighted by atomic mass is 10.1. The van der Waals surface area contributed by atoms with Gasteiger partial charge in [-0.3, -0.25) is 9.59 Å². The molecule has 1 atom stereocenters. The molecular weight excluding hydrogens is 250 g/mol. The van der Waals surface area contributed by atoms with E-state index in [-0.39, 0.29) is 18.2 Å². The smallest absolute Gasteiger partial charge is 0.303 e. The third kappa shape index (κ3) is 4.20. The number of carbonyl (C=O) groups is 2.